The molecule has 4 atom stereocenters. The van der Waals surface area contributed by atoms with E-state index in [0.29, 0.717) is 48.1 Å². The Morgan fingerprint density at radius 1 is 1.26 bits per heavy atom. The van der Waals surface area contributed by atoms with Crippen molar-refractivity contribution < 1.29 is 33.4 Å². The van der Waals surface area contributed by atoms with Gasteiger partial charge in [0.05, 0.1) is 25.8 Å². The summed E-state index contributed by atoms with van der Waals surface area (Å²) in [6.07, 6.45) is 4.27. The lowest BCUT2D eigenvalue weighted by Gasteiger charge is -2.20. The highest BCUT2D eigenvalue weighted by Gasteiger charge is 2.61. The first-order chi connectivity index (χ1) is 16.8. The van der Waals surface area contributed by atoms with Crippen molar-refractivity contribution in [1.82, 2.24) is 10.3 Å². The monoisotopic (exact) mass is 478 g/mol. The van der Waals surface area contributed by atoms with Crippen LogP contribution in [-0.2, 0) is 14.3 Å². The number of aromatic nitrogens is 1. The first kappa shape index (κ1) is 24.1. The summed E-state index contributed by atoms with van der Waals surface area (Å²) in [5.41, 5.74) is 8.24. The number of ether oxygens (including phenoxy) is 3. The molecule has 10 heteroatoms. The summed E-state index contributed by atoms with van der Waals surface area (Å²) in [5, 5.41) is 3.55. The van der Waals surface area contributed by atoms with Crippen LogP contribution < -0.4 is 14.8 Å². The molecule has 0 radical (unpaired) electrons. The molecule has 2 aliphatic rings. The number of methoxy groups -OCH3 is 2. The second-order valence-corrected chi connectivity index (χ2v) is 8.75. The van der Waals surface area contributed by atoms with Gasteiger partial charge in [0.2, 0.25) is 5.91 Å². The molecule has 4 rings (SSSR count). The van der Waals surface area contributed by atoms with Gasteiger partial charge >= 0.3 is 12.2 Å². The van der Waals surface area contributed by atoms with E-state index in [9.17, 15) is 14.4 Å². The molecule has 2 aliphatic carbocycles. The molecule has 1 N–H and O–H groups in total. The standard InChI is InChI=1S/C25H26N4O6/c1-4-15-12-25(15,24(32)34-3)29-23(31)14-5-6-17(9-14)35-22-11-20(21(30)13-27-26)28-19-10-16(33-2)7-8-18(19)22/h4,7-8,10-11,13-15,17H,1,5-6,9,12H2,2-3H3,(H,29,31). The Kier molecular flexibility index (Phi) is 6.66. The van der Waals surface area contributed by atoms with E-state index in [2.05, 4.69) is 21.7 Å². The fourth-order valence-electron chi connectivity index (χ4n) is 4.62. The lowest BCUT2D eigenvalue weighted by Crippen LogP contribution is -2.47. The Hall–Kier alpha value is -4.04. The molecule has 1 heterocycles. The van der Waals surface area contributed by atoms with E-state index in [-0.39, 0.29) is 29.5 Å². The summed E-state index contributed by atoms with van der Waals surface area (Å²) in [6.45, 7) is 3.73. The number of carbonyl (C=O) groups is 3. The van der Waals surface area contributed by atoms with Crippen LogP contribution >= 0.6 is 0 Å². The van der Waals surface area contributed by atoms with Gasteiger partial charge in [0.25, 0.3) is 5.78 Å². The van der Waals surface area contributed by atoms with Gasteiger partial charge in [-0.1, -0.05) is 6.08 Å². The summed E-state index contributed by atoms with van der Waals surface area (Å²) in [7, 11) is 2.83. The first-order valence-electron chi connectivity index (χ1n) is 11.3. The second-order valence-electron chi connectivity index (χ2n) is 8.75. The maximum atomic E-state index is 13.0. The topological polar surface area (TPSA) is 140 Å². The molecule has 1 aromatic carbocycles. The Labute approximate surface area is 201 Å². The molecule has 1 amide bonds. The number of amides is 1. The normalized spacial score (nSPS) is 24.7. The highest BCUT2D eigenvalue weighted by Crippen LogP contribution is 2.46. The van der Waals surface area contributed by atoms with Crippen molar-refractivity contribution in [3.05, 3.63) is 48.1 Å². The van der Waals surface area contributed by atoms with Gasteiger partial charge in [-0.05, 0) is 37.8 Å². The minimum Gasteiger partial charge on any atom is -0.497 e. The van der Waals surface area contributed by atoms with Crippen LogP contribution in [0.25, 0.3) is 16.4 Å². The number of hydrogen-bond acceptors (Lipinski definition) is 7. The zero-order chi connectivity index (χ0) is 25.2. The Balaban J connectivity index is 1.52. The zero-order valence-electron chi connectivity index (χ0n) is 19.5. The van der Waals surface area contributed by atoms with Gasteiger partial charge in [-0.25, -0.2) is 9.78 Å². The number of fused-ring (bicyclic) bond motifs is 1. The Morgan fingerprint density at radius 2 is 2.06 bits per heavy atom. The van der Waals surface area contributed by atoms with Crippen molar-refractivity contribution in [1.29, 1.82) is 0 Å². The molecule has 182 valence electrons. The van der Waals surface area contributed by atoms with Crippen LogP contribution in [-0.4, -0.2) is 59.5 Å². The molecule has 4 unspecified atom stereocenters. The third-order valence-corrected chi connectivity index (χ3v) is 6.65. The number of esters is 1. The number of pyridine rings is 1. The highest BCUT2D eigenvalue weighted by atomic mass is 16.5. The highest BCUT2D eigenvalue weighted by molar-refractivity contribution is 6.33. The molecule has 0 bridgehead atoms. The lowest BCUT2D eigenvalue weighted by atomic mass is 10.1. The number of nitrogens with one attached hydrogen (secondary N) is 1. The van der Waals surface area contributed by atoms with Gasteiger partial charge in [0.1, 0.15) is 22.7 Å². The molecule has 2 fully saturated rings. The maximum Gasteiger partial charge on any atom is 0.332 e. The average molecular weight is 479 g/mol. The third kappa shape index (κ3) is 4.65. The molecule has 0 spiro atoms. The minimum absolute atomic E-state index is 0.0510. The SMILES string of the molecule is C=CC1CC1(NC(=O)C1CCC(Oc2cc(C(=O)C=[N+]=[N-])nc3cc(OC)ccc23)C1)C(=O)OC. The van der Waals surface area contributed by atoms with Gasteiger partial charge < -0.3 is 25.1 Å². The van der Waals surface area contributed by atoms with Crippen LogP contribution in [0.15, 0.2) is 36.9 Å². The predicted molar refractivity (Wildman–Crippen MR) is 125 cm³/mol. The van der Waals surface area contributed by atoms with E-state index in [4.69, 9.17) is 19.7 Å². The Morgan fingerprint density at radius 3 is 2.71 bits per heavy atom. The summed E-state index contributed by atoms with van der Waals surface area (Å²) in [6, 6.07) is 6.72. The molecule has 2 saturated carbocycles. The van der Waals surface area contributed by atoms with Crippen molar-refractivity contribution in [2.75, 3.05) is 14.2 Å². The van der Waals surface area contributed by atoms with E-state index in [1.807, 2.05) is 0 Å². The summed E-state index contributed by atoms with van der Waals surface area (Å²) < 4.78 is 16.4. The number of Topliss-reactive ketones (excluding diaryl/α,β-unsaturated/α-hetero) is 1. The van der Waals surface area contributed by atoms with E-state index in [1.165, 1.54) is 20.3 Å². The van der Waals surface area contributed by atoms with Crippen molar-refractivity contribution in [3.8, 4) is 11.5 Å². The fraction of sp³-hybridized carbons (Fsp3) is 0.400. The lowest BCUT2D eigenvalue weighted by molar-refractivity contribution is -0.147. The van der Waals surface area contributed by atoms with E-state index in [0.717, 1.165) is 6.21 Å². The molecular formula is C25H26N4O6. The van der Waals surface area contributed by atoms with Gasteiger partial charge in [-0.3, -0.25) is 9.59 Å². The Bertz CT molecular complexity index is 1250. The number of rotatable bonds is 9. The molecule has 0 saturated heterocycles. The van der Waals surface area contributed by atoms with Gasteiger partial charge in [0.15, 0.2) is 0 Å². The number of ketones is 1. The minimum atomic E-state index is -1.03. The van der Waals surface area contributed by atoms with Gasteiger partial charge in [-0.2, -0.15) is 4.79 Å². The molecule has 0 aliphatic heterocycles. The number of hydrogen-bond donors (Lipinski definition) is 1. The smallest absolute Gasteiger partial charge is 0.332 e. The van der Waals surface area contributed by atoms with Crippen LogP contribution in [0.4, 0.5) is 0 Å². The fourth-order valence-corrected chi connectivity index (χ4v) is 4.62. The summed E-state index contributed by atoms with van der Waals surface area (Å²) in [5.74, 6) is -0.756. The number of carbonyl (C=O) groups excluding carboxylic acids is 3. The number of nitrogens with zero attached hydrogens (tertiary/aromatic N) is 3. The molecule has 10 nitrogen and oxygen atoms in total. The molecule has 35 heavy (non-hydrogen) atoms. The summed E-state index contributed by atoms with van der Waals surface area (Å²) in [4.78, 5) is 44.6. The van der Waals surface area contributed by atoms with E-state index in [1.54, 1.807) is 24.3 Å². The number of benzene rings is 1. The van der Waals surface area contributed by atoms with Crippen molar-refractivity contribution in [3.63, 3.8) is 0 Å². The van der Waals surface area contributed by atoms with Crippen molar-refractivity contribution in [2.24, 2.45) is 11.8 Å². The average Bonchev–Trinajstić information content (AvgIpc) is 3.38. The van der Waals surface area contributed by atoms with Crippen molar-refractivity contribution >= 4 is 34.8 Å². The van der Waals surface area contributed by atoms with Crippen LogP contribution in [0.3, 0.4) is 0 Å². The maximum absolute atomic E-state index is 13.0. The van der Waals surface area contributed by atoms with Crippen LogP contribution in [0, 0.1) is 11.8 Å². The molecule has 2 aromatic rings. The van der Waals surface area contributed by atoms with Crippen molar-refractivity contribution in [2.45, 2.75) is 37.3 Å². The summed E-state index contributed by atoms with van der Waals surface area (Å²) >= 11 is 0. The van der Waals surface area contributed by atoms with Crippen LogP contribution in [0.5, 0.6) is 11.5 Å². The van der Waals surface area contributed by atoms with Gasteiger partial charge in [0, 0.05) is 29.4 Å². The van der Waals surface area contributed by atoms with Gasteiger partial charge in [-0.15, -0.1) is 6.58 Å². The zero-order valence-corrected chi connectivity index (χ0v) is 19.5. The van der Waals surface area contributed by atoms with E-state index >= 15 is 0 Å². The van der Waals surface area contributed by atoms with Crippen LogP contribution in [0.2, 0.25) is 0 Å². The third-order valence-electron chi connectivity index (χ3n) is 6.65. The van der Waals surface area contributed by atoms with Crippen LogP contribution in [0.1, 0.15) is 36.2 Å². The quantitative estimate of drug-likeness (QED) is 0.146. The largest absolute Gasteiger partial charge is 0.497 e. The molecular weight excluding hydrogens is 452 g/mol. The van der Waals surface area contributed by atoms with E-state index < -0.39 is 17.3 Å². The predicted octanol–water partition coefficient (Wildman–Crippen LogP) is 2.51. The molecule has 1 aromatic heterocycles. The first-order valence-corrected chi connectivity index (χ1v) is 11.3. The second kappa shape index (κ2) is 9.68.